The maximum atomic E-state index is 12.3. The van der Waals surface area contributed by atoms with Crippen LogP contribution in [0.4, 0.5) is 0 Å². The molecular formula is C17H21N3O2S2. The van der Waals surface area contributed by atoms with Gasteiger partial charge in [-0.25, -0.2) is 0 Å². The zero-order chi connectivity index (χ0) is 16.8. The first-order valence-electron chi connectivity index (χ1n) is 8.06. The van der Waals surface area contributed by atoms with Crippen molar-refractivity contribution >= 4 is 34.5 Å². The highest BCUT2D eigenvalue weighted by Crippen LogP contribution is 2.13. The third-order valence-electron chi connectivity index (χ3n) is 4.06. The van der Waals surface area contributed by atoms with E-state index in [1.165, 1.54) is 11.3 Å². The van der Waals surface area contributed by atoms with Crippen LogP contribution in [0.1, 0.15) is 14.5 Å². The summed E-state index contributed by atoms with van der Waals surface area (Å²) in [6.45, 7) is 4.70. The number of piperazine rings is 1. The summed E-state index contributed by atoms with van der Waals surface area (Å²) in [6, 6.07) is 7.73. The first kappa shape index (κ1) is 17.1. The Labute approximate surface area is 149 Å². The summed E-state index contributed by atoms with van der Waals surface area (Å²) in [4.78, 5) is 30.2. The van der Waals surface area contributed by atoms with Crippen molar-refractivity contribution < 1.29 is 9.59 Å². The van der Waals surface area contributed by atoms with E-state index in [2.05, 4.69) is 10.2 Å². The number of nitrogens with zero attached hydrogens (tertiary/aromatic N) is 2. The zero-order valence-electron chi connectivity index (χ0n) is 13.4. The molecule has 1 N–H and O–H groups in total. The van der Waals surface area contributed by atoms with E-state index < -0.39 is 0 Å². The summed E-state index contributed by atoms with van der Waals surface area (Å²) in [5.41, 5.74) is 0. The van der Waals surface area contributed by atoms with Crippen LogP contribution in [0.2, 0.25) is 0 Å². The molecule has 5 nitrogen and oxygen atoms in total. The molecule has 3 heterocycles. The fraction of sp³-hybridized carbons (Fsp3) is 0.412. The van der Waals surface area contributed by atoms with Crippen molar-refractivity contribution in [1.82, 2.24) is 15.1 Å². The Balaban J connectivity index is 1.34. The topological polar surface area (TPSA) is 52.7 Å². The van der Waals surface area contributed by atoms with E-state index in [9.17, 15) is 9.59 Å². The second-order valence-electron chi connectivity index (χ2n) is 5.72. The molecule has 0 atom stereocenters. The van der Waals surface area contributed by atoms with Gasteiger partial charge >= 0.3 is 0 Å². The number of carbonyl (C=O) groups is 2. The smallest absolute Gasteiger partial charge is 0.264 e. The van der Waals surface area contributed by atoms with Crippen molar-refractivity contribution in [2.75, 3.05) is 39.3 Å². The number of carbonyl (C=O) groups excluding carboxylic acids is 2. The van der Waals surface area contributed by atoms with E-state index >= 15 is 0 Å². The first-order valence-corrected chi connectivity index (χ1v) is 9.82. The summed E-state index contributed by atoms with van der Waals surface area (Å²) < 4.78 is 0. The summed E-state index contributed by atoms with van der Waals surface area (Å²) in [6.07, 6.45) is 0.459. The number of rotatable bonds is 6. The fourth-order valence-electron chi connectivity index (χ4n) is 2.72. The van der Waals surface area contributed by atoms with Gasteiger partial charge in [-0.05, 0) is 22.9 Å². The van der Waals surface area contributed by atoms with Crippen LogP contribution in [0.25, 0.3) is 0 Å². The van der Waals surface area contributed by atoms with Gasteiger partial charge in [0, 0.05) is 44.1 Å². The molecule has 2 amide bonds. The number of thiophene rings is 2. The lowest BCUT2D eigenvalue weighted by Crippen LogP contribution is -2.50. The fourth-order valence-corrected chi connectivity index (χ4v) is 4.11. The maximum absolute atomic E-state index is 12.3. The standard InChI is InChI=1S/C17H21N3O2S2/c21-16(13-14-3-1-11-23-14)18-5-6-19-7-9-20(10-8-19)17(22)15-4-2-12-24-15/h1-4,11-12H,5-10,13H2,(H,18,21). The molecule has 1 fully saturated rings. The molecular weight excluding hydrogens is 342 g/mol. The molecule has 0 spiro atoms. The molecule has 7 heteroatoms. The highest BCUT2D eigenvalue weighted by atomic mass is 32.1. The predicted molar refractivity (Wildman–Crippen MR) is 97.7 cm³/mol. The monoisotopic (exact) mass is 363 g/mol. The number of nitrogens with one attached hydrogen (secondary N) is 1. The van der Waals surface area contributed by atoms with Gasteiger partial charge in [-0.2, -0.15) is 0 Å². The van der Waals surface area contributed by atoms with Crippen LogP contribution in [0.3, 0.4) is 0 Å². The van der Waals surface area contributed by atoms with E-state index in [-0.39, 0.29) is 11.8 Å². The lowest BCUT2D eigenvalue weighted by atomic mass is 10.3. The Morgan fingerprint density at radius 1 is 1.04 bits per heavy atom. The van der Waals surface area contributed by atoms with Gasteiger partial charge in [0.25, 0.3) is 5.91 Å². The van der Waals surface area contributed by atoms with Gasteiger partial charge in [-0.3, -0.25) is 14.5 Å². The van der Waals surface area contributed by atoms with E-state index in [0.29, 0.717) is 13.0 Å². The molecule has 0 radical (unpaired) electrons. The summed E-state index contributed by atoms with van der Waals surface area (Å²) in [7, 11) is 0. The zero-order valence-corrected chi connectivity index (χ0v) is 15.1. The van der Waals surface area contributed by atoms with E-state index in [0.717, 1.165) is 42.5 Å². The molecule has 0 aliphatic carbocycles. The van der Waals surface area contributed by atoms with E-state index in [1.807, 2.05) is 39.9 Å². The molecule has 24 heavy (non-hydrogen) atoms. The number of hydrogen-bond acceptors (Lipinski definition) is 5. The first-order chi connectivity index (χ1) is 11.7. The molecule has 1 saturated heterocycles. The van der Waals surface area contributed by atoms with Crippen molar-refractivity contribution in [3.63, 3.8) is 0 Å². The molecule has 128 valence electrons. The average molecular weight is 364 g/mol. The predicted octanol–water partition coefficient (Wildman–Crippen LogP) is 1.93. The van der Waals surface area contributed by atoms with Crippen molar-refractivity contribution in [3.05, 3.63) is 44.8 Å². The van der Waals surface area contributed by atoms with Gasteiger partial charge in [0.15, 0.2) is 0 Å². The summed E-state index contributed by atoms with van der Waals surface area (Å²) in [5, 5.41) is 6.89. The van der Waals surface area contributed by atoms with Gasteiger partial charge in [0.2, 0.25) is 5.91 Å². The van der Waals surface area contributed by atoms with Crippen LogP contribution in [-0.2, 0) is 11.2 Å². The van der Waals surface area contributed by atoms with Crippen LogP contribution in [0, 0.1) is 0 Å². The molecule has 2 aromatic rings. The van der Waals surface area contributed by atoms with Crippen molar-refractivity contribution in [3.8, 4) is 0 Å². The average Bonchev–Trinajstić information content (AvgIpc) is 3.28. The maximum Gasteiger partial charge on any atom is 0.264 e. The third-order valence-corrected chi connectivity index (χ3v) is 5.79. The molecule has 1 aliphatic heterocycles. The van der Waals surface area contributed by atoms with Gasteiger partial charge < -0.3 is 10.2 Å². The third kappa shape index (κ3) is 4.66. The Hall–Kier alpha value is -1.70. The van der Waals surface area contributed by atoms with Gasteiger partial charge in [-0.15, -0.1) is 22.7 Å². The summed E-state index contributed by atoms with van der Waals surface area (Å²) in [5.74, 6) is 0.206. The molecule has 0 bridgehead atoms. The Bertz CT molecular complexity index is 647. The van der Waals surface area contributed by atoms with Crippen molar-refractivity contribution in [2.45, 2.75) is 6.42 Å². The van der Waals surface area contributed by atoms with Crippen LogP contribution >= 0.6 is 22.7 Å². The Kier molecular flexibility index (Phi) is 6.01. The van der Waals surface area contributed by atoms with Crippen LogP contribution in [-0.4, -0.2) is 60.9 Å². The quantitative estimate of drug-likeness (QED) is 0.853. The normalized spacial score (nSPS) is 15.4. The van der Waals surface area contributed by atoms with Crippen molar-refractivity contribution in [1.29, 1.82) is 0 Å². The van der Waals surface area contributed by atoms with Crippen LogP contribution in [0.15, 0.2) is 35.0 Å². The van der Waals surface area contributed by atoms with Gasteiger partial charge in [0.05, 0.1) is 11.3 Å². The second-order valence-corrected chi connectivity index (χ2v) is 7.70. The molecule has 1 aliphatic rings. The van der Waals surface area contributed by atoms with Gasteiger partial charge in [0.1, 0.15) is 0 Å². The number of amides is 2. The SMILES string of the molecule is O=C(Cc1cccs1)NCCN1CCN(C(=O)c2cccs2)CC1. The van der Waals surface area contributed by atoms with Crippen LogP contribution in [0.5, 0.6) is 0 Å². The van der Waals surface area contributed by atoms with E-state index in [1.54, 1.807) is 11.3 Å². The molecule has 0 saturated carbocycles. The highest BCUT2D eigenvalue weighted by molar-refractivity contribution is 7.12. The molecule has 2 aromatic heterocycles. The lowest BCUT2D eigenvalue weighted by molar-refractivity contribution is -0.120. The largest absolute Gasteiger partial charge is 0.355 e. The minimum absolute atomic E-state index is 0.0731. The minimum Gasteiger partial charge on any atom is -0.355 e. The number of hydrogen-bond donors (Lipinski definition) is 1. The molecule has 0 aromatic carbocycles. The highest BCUT2D eigenvalue weighted by Gasteiger charge is 2.22. The van der Waals surface area contributed by atoms with E-state index in [4.69, 9.17) is 0 Å². The Morgan fingerprint density at radius 3 is 2.46 bits per heavy atom. The lowest BCUT2D eigenvalue weighted by Gasteiger charge is -2.34. The van der Waals surface area contributed by atoms with Crippen LogP contribution < -0.4 is 5.32 Å². The summed E-state index contributed by atoms with van der Waals surface area (Å²) >= 11 is 3.10. The molecule has 0 unspecified atom stereocenters. The van der Waals surface area contributed by atoms with Crippen molar-refractivity contribution in [2.24, 2.45) is 0 Å². The minimum atomic E-state index is 0.0731. The second kappa shape index (κ2) is 8.41. The van der Waals surface area contributed by atoms with Gasteiger partial charge in [-0.1, -0.05) is 12.1 Å². The Morgan fingerprint density at radius 2 is 1.79 bits per heavy atom. The molecule has 3 rings (SSSR count).